The van der Waals surface area contributed by atoms with E-state index in [2.05, 4.69) is 37.7 Å². The minimum atomic E-state index is -0.751. The molecule has 2 atom stereocenters. The number of rotatable bonds is 9. The summed E-state index contributed by atoms with van der Waals surface area (Å²) in [4.78, 5) is 16.0. The number of pyridine rings is 1. The fourth-order valence-electron chi connectivity index (χ4n) is 4.03. The monoisotopic (exact) mass is 455 g/mol. The number of carbonyl (C=O) groups is 1. The maximum absolute atomic E-state index is 11.3. The lowest BCUT2D eigenvalue weighted by Gasteiger charge is -2.27. The SMILES string of the molecule is CCCc1nnc(NCc2c(-c3ccc(O[C@H]4CCC[C@H](C(=O)O)C4)c(C)n3)nnn2C)o1. The second kappa shape index (κ2) is 9.97. The fourth-order valence-corrected chi connectivity index (χ4v) is 4.03. The van der Waals surface area contributed by atoms with Crippen LogP contribution in [0.1, 0.15) is 56.3 Å². The summed E-state index contributed by atoms with van der Waals surface area (Å²) in [5, 5.41) is 28.9. The van der Waals surface area contributed by atoms with Crippen LogP contribution in [0.3, 0.4) is 0 Å². The molecule has 11 nitrogen and oxygen atoms in total. The quantitative estimate of drug-likeness (QED) is 0.494. The van der Waals surface area contributed by atoms with E-state index in [1.165, 1.54) is 0 Å². The lowest BCUT2D eigenvalue weighted by Crippen LogP contribution is -2.29. The van der Waals surface area contributed by atoms with E-state index >= 15 is 0 Å². The second-order valence-corrected chi connectivity index (χ2v) is 8.33. The number of hydrogen-bond acceptors (Lipinski definition) is 9. The highest BCUT2D eigenvalue weighted by Crippen LogP contribution is 2.30. The predicted octanol–water partition coefficient (Wildman–Crippen LogP) is 3.16. The number of hydrogen-bond donors (Lipinski definition) is 2. The first-order valence-corrected chi connectivity index (χ1v) is 11.3. The minimum Gasteiger partial charge on any atom is -0.489 e. The van der Waals surface area contributed by atoms with Gasteiger partial charge in [-0.15, -0.1) is 10.2 Å². The average Bonchev–Trinajstić information content (AvgIpc) is 3.40. The van der Waals surface area contributed by atoms with Crippen LogP contribution in [0.25, 0.3) is 11.4 Å². The van der Waals surface area contributed by atoms with Gasteiger partial charge in [-0.05, 0) is 51.2 Å². The van der Waals surface area contributed by atoms with Crippen LogP contribution in [0.2, 0.25) is 0 Å². The maximum Gasteiger partial charge on any atom is 0.315 e. The zero-order valence-corrected chi connectivity index (χ0v) is 19.1. The molecule has 0 unspecified atom stereocenters. The van der Waals surface area contributed by atoms with E-state index in [4.69, 9.17) is 9.15 Å². The highest BCUT2D eigenvalue weighted by molar-refractivity contribution is 5.70. The van der Waals surface area contributed by atoms with Gasteiger partial charge in [-0.1, -0.05) is 17.2 Å². The van der Waals surface area contributed by atoms with E-state index in [0.717, 1.165) is 37.1 Å². The van der Waals surface area contributed by atoms with E-state index in [-0.39, 0.29) is 12.0 Å². The highest BCUT2D eigenvalue weighted by Gasteiger charge is 2.28. The Morgan fingerprint density at radius 3 is 2.91 bits per heavy atom. The van der Waals surface area contributed by atoms with Gasteiger partial charge in [0.15, 0.2) is 0 Å². The summed E-state index contributed by atoms with van der Waals surface area (Å²) in [6, 6.07) is 4.06. The van der Waals surface area contributed by atoms with Crippen molar-refractivity contribution in [1.82, 2.24) is 30.2 Å². The molecule has 3 heterocycles. The van der Waals surface area contributed by atoms with Gasteiger partial charge in [-0.3, -0.25) is 4.79 Å². The van der Waals surface area contributed by atoms with Crippen LogP contribution in [0.15, 0.2) is 16.5 Å². The van der Waals surface area contributed by atoms with E-state index in [1.54, 1.807) is 4.68 Å². The molecule has 1 aliphatic rings. The third kappa shape index (κ3) is 5.29. The highest BCUT2D eigenvalue weighted by atomic mass is 16.5. The van der Waals surface area contributed by atoms with Crippen LogP contribution in [0.4, 0.5) is 6.01 Å². The third-order valence-electron chi connectivity index (χ3n) is 5.83. The summed E-state index contributed by atoms with van der Waals surface area (Å²) in [6.45, 7) is 4.32. The van der Waals surface area contributed by atoms with Crippen molar-refractivity contribution >= 4 is 12.0 Å². The van der Waals surface area contributed by atoms with Crippen molar-refractivity contribution in [2.45, 2.75) is 65.0 Å². The molecule has 176 valence electrons. The molecule has 0 radical (unpaired) electrons. The van der Waals surface area contributed by atoms with Gasteiger partial charge in [0.05, 0.1) is 35.6 Å². The van der Waals surface area contributed by atoms with Gasteiger partial charge in [0.2, 0.25) is 5.89 Å². The number of nitrogens with zero attached hydrogens (tertiary/aromatic N) is 6. The number of carboxylic acids is 1. The molecule has 0 bridgehead atoms. The molecule has 0 aliphatic heterocycles. The van der Waals surface area contributed by atoms with Crippen molar-refractivity contribution < 1.29 is 19.1 Å². The molecule has 11 heteroatoms. The zero-order valence-electron chi connectivity index (χ0n) is 19.1. The lowest BCUT2D eigenvalue weighted by molar-refractivity contribution is -0.143. The Balaban J connectivity index is 1.46. The van der Waals surface area contributed by atoms with Gasteiger partial charge in [-0.25, -0.2) is 9.67 Å². The number of ether oxygens (including phenoxy) is 1. The number of aryl methyl sites for hydroxylation is 3. The third-order valence-corrected chi connectivity index (χ3v) is 5.83. The molecule has 1 fully saturated rings. The summed E-state index contributed by atoms with van der Waals surface area (Å²) in [6.07, 6.45) is 4.48. The molecule has 4 rings (SSSR count). The molecule has 3 aromatic rings. The number of nitrogens with one attached hydrogen (secondary N) is 1. The van der Waals surface area contributed by atoms with E-state index in [9.17, 15) is 9.90 Å². The standard InChI is InChI=1S/C22H29N7O4/c1-4-6-19-25-27-22(33-19)23-12-17-20(26-28-29(17)3)16-9-10-18(13(2)24-16)32-15-8-5-7-14(11-15)21(30)31/h9-10,14-15H,4-8,11-12H2,1-3H3,(H,23,27)(H,30,31)/t14-,15-/m0/s1. The number of aliphatic carboxylic acids is 1. The predicted molar refractivity (Wildman–Crippen MR) is 119 cm³/mol. The van der Waals surface area contributed by atoms with Crippen molar-refractivity contribution in [2.24, 2.45) is 13.0 Å². The molecule has 2 N–H and O–H groups in total. The van der Waals surface area contributed by atoms with Gasteiger partial charge in [-0.2, -0.15) is 0 Å². The first kappa shape index (κ1) is 22.7. The molecule has 1 aliphatic carbocycles. The van der Waals surface area contributed by atoms with Gasteiger partial charge in [0.25, 0.3) is 0 Å². The zero-order chi connectivity index (χ0) is 23.4. The van der Waals surface area contributed by atoms with E-state index < -0.39 is 5.97 Å². The van der Waals surface area contributed by atoms with Crippen LogP contribution in [0.5, 0.6) is 5.75 Å². The molecule has 3 aromatic heterocycles. The Labute approximate surface area is 191 Å². The molecule has 0 amide bonds. The largest absolute Gasteiger partial charge is 0.489 e. The Morgan fingerprint density at radius 1 is 1.30 bits per heavy atom. The van der Waals surface area contributed by atoms with Gasteiger partial charge in [0, 0.05) is 13.5 Å². The Morgan fingerprint density at radius 2 is 2.15 bits per heavy atom. The van der Waals surface area contributed by atoms with Crippen LogP contribution < -0.4 is 10.1 Å². The van der Waals surface area contributed by atoms with E-state index in [1.807, 2.05) is 26.1 Å². The summed E-state index contributed by atoms with van der Waals surface area (Å²) in [7, 11) is 1.82. The Hall–Kier alpha value is -3.50. The second-order valence-electron chi connectivity index (χ2n) is 8.33. The normalized spacial score (nSPS) is 18.3. The van der Waals surface area contributed by atoms with Crippen molar-refractivity contribution in [3.05, 3.63) is 29.4 Å². The van der Waals surface area contributed by atoms with Gasteiger partial charge < -0.3 is 19.6 Å². The van der Waals surface area contributed by atoms with Crippen molar-refractivity contribution in [3.63, 3.8) is 0 Å². The van der Waals surface area contributed by atoms with Gasteiger partial charge >= 0.3 is 12.0 Å². The lowest BCUT2D eigenvalue weighted by atomic mass is 9.87. The smallest absolute Gasteiger partial charge is 0.315 e. The topological polar surface area (TPSA) is 141 Å². The van der Waals surface area contributed by atoms with Crippen LogP contribution in [-0.4, -0.2) is 47.4 Å². The molecular weight excluding hydrogens is 426 g/mol. The molecule has 0 spiro atoms. The summed E-state index contributed by atoms with van der Waals surface area (Å²) in [5.41, 5.74) is 2.86. The van der Waals surface area contributed by atoms with Gasteiger partial charge in [0.1, 0.15) is 11.4 Å². The van der Waals surface area contributed by atoms with Crippen LogP contribution in [0, 0.1) is 12.8 Å². The first-order valence-electron chi connectivity index (χ1n) is 11.3. The van der Waals surface area contributed by atoms with E-state index in [0.29, 0.717) is 48.4 Å². The first-order chi connectivity index (χ1) is 15.9. The number of anilines is 1. The minimum absolute atomic E-state index is 0.116. The number of carboxylic acid groups (broad SMARTS) is 1. The van der Waals surface area contributed by atoms with Crippen LogP contribution >= 0.6 is 0 Å². The Kier molecular flexibility index (Phi) is 6.85. The molecule has 0 aromatic carbocycles. The maximum atomic E-state index is 11.3. The summed E-state index contributed by atoms with van der Waals surface area (Å²) >= 11 is 0. The fraction of sp³-hybridized carbons (Fsp3) is 0.545. The molecule has 1 saturated carbocycles. The summed E-state index contributed by atoms with van der Waals surface area (Å²) < 4.78 is 13.4. The Bertz CT molecular complexity index is 1110. The molecule has 0 saturated heterocycles. The average molecular weight is 456 g/mol. The summed E-state index contributed by atoms with van der Waals surface area (Å²) in [5.74, 6) is 0.166. The van der Waals surface area contributed by atoms with Crippen molar-refractivity contribution in [3.8, 4) is 17.1 Å². The molecular formula is C22H29N7O4. The molecule has 33 heavy (non-hydrogen) atoms. The van der Waals surface area contributed by atoms with Crippen molar-refractivity contribution in [2.75, 3.05) is 5.32 Å². The van der Waals surface area contributed by atoms with Crippen LogP contribution in [-0.2, 0) is 24.8 Å². The van der Waals surface area contributed by atoms with Crippen molar-refractivity contribution in [1.29, 1.82) is 0 Å². The number of aromatic nitrogens is 6.